The summed E-state index contributed by atoms with van der Waals surface area (Å²) in [5.41, 5.74) is 1.76. The van der Waals surface area contributed by atoms with Crippen molar-refractivity contribution in [3.63, 3.8) is 0 Å². The highest BCUT2D eigenvalue weighted by Gasteiger charge is 2.05. The van der Waals surface area contributed by atoms with Gasteiger partial charge in [-0.15, -0.1) is 11.6 Å². The maximum absolute atomic E-state index is 11.7. The Balaban J connectivity index is 2.52. The van der Waals surface area contributed by atoms with Gasteiger partial charge in [-0.2, -0.15) is 0 Å². The van der Waals surface area contributed by atoms with Crippen molar-refractivity contribution >= 4 is 33.4 Å². The van der Waals surface area contributed by atoms with Gasteiger partial charge in [-0.05, 0) is 43.5 Å². The molecular formula is C12H15BrClNO. The molecule has 16 heavy (non-hydrogen) atoms. The highest BCUT2D eigenvalue weighted by molar-refractivity contribution is 9.10. The maximum atomic E-state index is 11.7. The van der Waals surface area contributed by atoms with E-state index in [1.165, 1.54) is 0 Å². The van der Waals surface area contributed by atoms with Crippen LogP contribution in [0, 0.1) is 6.92 Å². The second-order valence-electron chi connectivity index (χ2n) is 3.67. The minimum Gasteiger partial charge on any atom is -0.352 e. The molecule has 0 fully saturated rings. The summed E-state index contributed by atoms with van der Waals surface area (Å²) in [5, 5.41) is 2.87. The van der Waals surface area contributed by atoms with Crippen molar-refractivity contribution in [2.45, 2.75) is 19.8 Å². The number of hydrogen-bond acceptors (Lipinski definition) is 1. The van der Waals surface area contributed by atoms with Crippen LogP contribution in [0.1, 0.15) is 28.8 Å². The summed E-state index contributed by atoms with van der Waals surface area (Å²) in [6.45, 7) is 2.64. The number of benzene rings is 1. The lowest BCUT2D eigenvalue weighted by Crippen LogP contribution is -2.24. The van der Waals surface area contributed by atoms with Crippen LogP contribution < -0.4 is 5.32 Å². The van der Waals surface area contributed by atoms with Crippen molar-refractivity contribution in [3.8, 4) is 0 Å². The maximum Gasteiger partial charge on any atom is 0.251 e. The highest BCUT2D eigenvalue weighted by atomic mass is 79.9. The van der Waals surface area contributed by atoms with Gasteiger partial charge in [-0.3, -0.25) is 4.79 Å². The zero-order valence-corrected chi connectivity index (χ0v) is 11.6. The van der Waals surface area contributed by atoms with E-state index in [4.69, 9.17) is 11.6 Å². The normalized spacial score (nSPS) is 10.2. The van der Waals surface area contributed by atoms with Crippen LogP contribution in [0.3, 0.4) is 0 Å². The van der Waals surface area contributed by atoms with Gasteiger partial charge in [0.05, 0.1) is 0 Å². The van der Waals surface area contributed by atoms with E-state index in [9.17, 15) is 4.79 Å². The summed E-state index contributed by atoms with van der Waals surface area (Å²) in [4.78, 5) is 11.7. The third kappa shape index (κ3) is 4.54. The van der Waals surface area contributed by atoms with Gasteiger partial charge < -0.3 is 5.32 Å². The Labute approximate surface area is 110 Å². The van der Waals surface area contributed by atoms with Gasteiger partial charge in [0.15, 0.2) is 0 Å². The SMILES string of the molecule is Cc1cc(Br)cc(C(=O)NCCCCCl)c1. The Kier molecular flexibility index (Phi) is 5.85. The minimum atomic E-state index is -0.0287. The summed E-state index contributed by atoms with van der Waals surface area (Å²) < 4.78 is 0.929. The predicted molar refractivity (Wildman–Crippen MR) is 71.2 cm³/mol. The summed E-state index contributed by atoms with van der Waals surface area (Å²) in [5.74, 6) is 0.616. The molecule has 1 N–H and O–H groups in total. The summed E-state index contributed by atoms with van der Waals surface area (Å²) >= 11 is 8.93. The Hall–Kier alpha value is -0.540. The molecule has 0 aliphatic carbocycles. The van der Waals surface area contributed by atoms with E-state index in [1.54, 1.807) is 0 Å². The smallest absolute Gasteiger partial charge is 0.251 e. The third-order valence-corrected chi connectivity index (χ3v) is 2.88. The molecule has 0 radical (unpaired) electrons. The Bertz CT molecular complexity index is 348. The Morgan fingerprint density at radius 3 is 2.75 bits per heavy atom. The van der Waals surface area contributed by atoms with Gasteiger partial charge in [0, 0.05) is 22.5 Å². The quantitative estimate of drug-likeness (QED) is 0.654. The Morgan fingerprint density at radius 2 is 2.12 bits per heavy atom. The third-order valence-electron chi connectivity index (χ3n) is 2.15. The van der Waals surface area contributed by atoms with Gasteiger partial charge >= 0.3 is 0 Å². The minimum absolute atomic E-state index is 0.0287. The lowest BCUT2D eigenvalue weighted by molar-refractivity contribution is 0.0953. The van der Waals surface area contributed by atoms with Gasteiger partial charge in [0.1, 0.15) is 0 Å². The van der Waals surface area contributed by atoms with Crippen molar-refractivity contribution in [2.75, 3.05) is 12.4 Å². The molecule has 0 heterocycles. The number of aryl methyl sites for hydroxylation is 1. The van der Waals surface area contributed by atoms with E-state index in [0.717, 1.165) is 22.9 Å². The van der Waals surface area contributed by atoms with E-state index in [2.05, 4.69) is 21.2 Å². The number of hydrogen-bond donors (Lipinski definition) is 1. The molecule has 1 aromatic carbocycles. The van der Waals surface area contributed by atoms with Crippen molar-refractivity contribution in [1.29, 1.82) is 0 Å². The molecule has 0 saturated heterocycles. The van der Waals surface area contributed by atoms with Gasteiger partial charge in [0.2, 0.25) is 0 Å². The first-order valence-electron chi connectivity index (χ1n) is 5.25. The number of carbonyl (C=O) groups excluding carboxylic acids is 1. The number of nitrogens with one attached hydrogen (secondary N) is 1. The number of unbranched alkanes of at least 4 members (excludes halogenated alkanes) is 1. The van der Waals surface area contributed by atoms with Gasteiger partial charge in [-0.25, -0.2) is 0 Å². The average molecular weight is 305 g/mol. The van der Waals surface area contributed by atoms with Crippen LogP contribution in [0.5, 0.6) is 0 Å². The standard InChI is InChI=1S/C12H15BrClNO/c1-9-6-10(8-11(13)7-9)12(16)15-5-3-2-4-14/h6-8H,2-5H2,1H3,(H,15,16). The zero-order chi connectivity index (χ0) is 12.0. The molecule has 0 atom stereocenters. The Morgan fingerprint density at radius 1 is 1.38 bits per heavy atom. The van der Waals surface area contributed by atoms with Crippen molar-refractivity contribution in [2.24, 2.45) is 0 Å². The predicted octanol–water partition coefficient (Wildman–Crippen LogP) is 3.51. The van der Waals surface area contributed by atoms with Gasteiger partial charge in [-0.1, -0.05) is 15.9 Å². The number of amides is 1. The second kappa shape index (κ2) is 6.92. The largest absolute Gasteiger partial charge is 0.352 e. The summed E-state index contributed by atoms with van der Waals surface area (Å²) in [6.07, 6.45) is 1.85. The fourth-order valence-corrected chi connectivity index (χ4v) is 2.19. The monoisotopic (exact) mass is 303 g/mol. The molecule has 1 rings (SSSR count). The first-order chi connectivity index (χ1) is 7.63. The van der Waals surface area contributed by atoms with Crippen molar-refractivity contribution in [1.82, 2.24) is 5.32 Å². The molecule has 2 nitrogen and oxygen atoms in total. The average Bonchev–Trinajstić information content (AvgIpc) is 2.22. The summed E-state index contributed by atoms with van der Waals surface area (Å²) in [6, 6.07) is 5.68. The first kappa shape index (κ1) is 13.5. The zero-order valence-electron chi connectivity index (χ0n) is 9.22. The lowest BCUT2D eigenvalue weighted by atomic mass is 10.1. The second-order valence-corrected chi connectivity index (χ2v) is 4.96. The van der Waals surface area contributed by atoms with Crippen LogP contribution in [0.15, 0.2) is 22.7 Å². The van der Waals surface area contributed by atoms with Crippen LogP contribution in [0.4, 0.5) is 0 Å². The van der Waals surface area contributed by atoms with Crippen LogP contribution >= 0.6 is 27.5 Å². The van der Waals surface area contributed by atoms with E-state index in [0.29, 0.717) is 18.0 Å². The first-order valence-corrected chi connectivity index (χ1v) is 6.57. The highest BCUT2D eigenvalue weighted by Crippen LogP contribution is 2.15. The van der Waals surface area contributed by atoms with Crippen LogP contribution in [-0.4, -0.2) is 18.3 Å². The molecule has 88 valence electrons. The molecule has 0 unspecified atom stereocenters. The van der Waals surface area contributed by atoms with Crippen molar-refractivity contribution < 1.29 is 4.79 Å². The number of carbonyl (C=O) groups is 1. The number of halogens is 2. The molecule has 4 heteroatoms. The fourth-order valence-electron chi connectivity index (χ4n) is 1.39. The summed E-state index contributed by atoms with van der Waals surface area (Å²) in [7, 11) is 0. The lowest BCUT2D eigenvalue weighted by Gasteiger charge is -2.06. The fraction of sp³-hybridized carbons (Fsp3) is 0.417. The van der Waals surface area contributed by atoms with Crippen LogP contribution in [0.2, 0.25) is 0 Å². The molecule has 0 aromatic heterocycles. The van der Waals surface area contributed by atoms with E-state index in [-0.39, 0.29) is 5.91 Å². The van der Waals surface area contributed by atoms with Crippen LogP contribution in [0.25, 0.3) is 0 Å². The number of rotatable bonds is 5. The van der Waals surface area contributed by atoms with E-state index >= 15 is 0 Å². The van der Waals surface area contributed by atoms with Crippen LogP contribution in [-0.2, 0) is 0 Å². The molecule has 0 saturated carbocycles. The molecule has 1 amide bonds. The van der Waals surface area contributed by atoms with E-state index in [1.807, 2.05) is 25.1 Å². The molecule has 0 aliphatic heterocycles. The van der Waals surface area contributed by atoms with Crippen molar-refractivity contribution in [3.05, 3.63) is 33.8 Å². The molecule has 1 aromatic rings. The molecule has 0 bridgehead atoms. The van der Waals surface area contributed by atoms with E-state index < -0.39 is 0 Å². The molecule has 0 aliphatic rings. The molecular weight excluding hydrogens is 289 g/mol. The van der Waals surface area contributed by atoms with Gasteiger partial charge in [0.25, 0.3) is 5.91 Å². The molecule has 0 spiro atoms. The number of alkyl halides is 1. The topological polar surface area (TPSA) is 29.1 Å².